The van der Waals surface area contributed by atoms with Crippen LogP contribution in [-0.2, 0) is 4.79 Å². The zero-order valence-electron chi connectivity index (χ0n) is 38.1. The third kappa shape index (κ3) is 45.0. The Balaban J connectivity index is 3.50. The normalized spacial score (nSPS) is 13.4. The van der Waals surface area contributed by atoms with Crippen molar-refractivity contribution in [1.29, 1.82) is 0 Å². The van der Waals surface area contributed by atoms with Crippen molar-refractivity contribution < 1.29 is 15.0 Å². The molecule has 0 aliphatic rings. The average Bonchev–Trinajstić information content (AvgIpc) is 3.22. The molecule has 1 amide bonds. The van der Waals surface area contributed by atoms with E-state index in [-0.39, 0.29) is 12.5 Å². The lowest BCUT2D eigenvalue weighted by Crippen LogP contribution is -2.45. The maximum absolute atomic E-state index is 12.4. The van der Waals surface area contributed by atoms with E-state index < -0.39 is 12.1 Å². The fourth-order valence-electron chi connectivity index (χ4n) is 7.36. The van der Waals surface area contributed by atoms with Crippen molar-refractivity contribution in [3.05, 3.63) is 60.8 Å². The van der Waals surface area contributed by atoms with Crippen LogP contribution < -0.4 is 5.32 Å². The minimum atomic E-state index is -0.870. The Labute approximate surface area is 356 Å². The molecule has 0 rings (SSSR count). The number of aliphatic hydroxyl groups is 2. The Morgan fingerprint density at radius 3 is 1.14 bits per heavy atom. The van der Waals surface area contributed by atoms with Crippen LogP contribution in [0.4, 0.5) is 0 Å². The molecule has 0 aromatic rings. The van der Waals surface area contributed by atoms with Gasteiger partial charge in [-0.15, -0.1) is 0 Å². The molecule has 3 N–H and O–H groups in total. The number of unbranched alkanes of at least 4 members (excludes halogenated alkanes) is 30. The van der Waals surface area contributed by atoms with Gasteiger partial charge in [-0.2, -0.15) is 0 Å². The quantitative estimate of drug-likeness (QED) is 0.0425. The third-order valence-electron chi connectivity index (χ3n) is 11.2. The summed E-state index contributed by atoms with van der Waals surface area (Å²) in [6, 6.07) is -0.645. The Bertz CT molecular complexity index is 950. The minimum absolute atomic E-state index is 0.0775. The molecule has 0 aliphatic carbocycles. The van der Waals surface area contributed by atoms with Crippen LogP contribution in [0.2, 0.25) is 0 Å². The molecule has 0 spiro atoms. The molecular weight excluding hydrogens is 699 g/mol. The summed E-state index contributed by atoms with van der Waals surface area (Å²) in [5, 5.41) is 23.0. The molecule has 0 radical (unpaired) electrons. The van der Waals surface area contributed by atoms with Crippen molar-refractivity contribution >= 4 is 5.91 Å². The summed E-state index contributed by atoms with van der Waals surface area (Å²) in [7, 11) is 0. The Morgan fingerprint density at radius 1 is 0.421 bits per heavy atom. The van der Waals surface area contributed by atoms with E-state index in [9.17, 15) is 15.0 Å². The second kappa shape index (κ2) is 48.5. The van der Waals surface area contributed by atoms with Crippen LogP contribution in [0.3, 0.4) is 0 Å². The van der Waals surface area contributed by atoms with Gasteiger partial charge < -0.3 is 15.5 Å². The molecular formula is C53H97NO3. The van der Waals surface area contributed by atoms with Crippen LogP contribution in [0.1, 0.15) is 251 Å². The molecule has 0 heterocycles. The highest BCUT2D eigenvalue weighted by molar-refractivity contribution is 5.76. The summed E-state index contributed by atoms with van der Waals surface area (Å²) in [5.74, 6) is -0.0775. The number of carbonyl (C=O) groups is 1. The number of amides is 1. The van der Waals surface area contributed by atoms with E-state index in [0.29, 0.717) is 6.42 Å². The van der Waals surface area contributed by atoms with Gasteiger partial charge in [-0.25, -0.2) is 0 Å². The van der Waals surface area contributed by atoms with Gasteiger partial charge in [0, 0.05) is 6.42 Å². The maximum Gasteiger partial charge on any atom is 0.220 e. The number of carbonyl (C=O) groups excluding carboxylic acids is 1. The molecule has 2 atom stereocenters. The van der Waals surface area contributed by atoms with E-state index in [1.165, 1.54) is 186 Å². The minimum Gasteiger partial charge on any atom is -0.394 e. The summed E-state index contributed by atoms with van der Waals surface area (Å²) in [6.07, 6.45) is 67.9. The lowest BCUT2D eigenvalue weighted by molar-refractivity contribution is -0.123. The molecule has 4 heteroatoms. The van der Waals surface area contributed by atoms with Crippen LogP contribution in [0.25, 0.3) is 0 Å². The molecule has 0 aromatic carbocycles. The number of hydrogen-bond acceptors (Lipinski definition) is 3. The predicted octanol–water partition coefficient (Wildman–Crippen LogP) is 16.1. The van der Waals surface area contributed by atoms with Crippen molar-refractivity contribution in [2.24, 2.45) is 0 Å². The smallest absolute Gasteiger partial charge is 0.220 e. The van der Waals surface area contributed by atoms with Crippen molar-refractivity contribution in [3.8, 4) is 0 Å². The lowest BCUT2D eigenvalue weighted by Gasteiger charge is -2.19. The van der Waals surface area contributed by atoms with Crippen molar-refractivity contribution in [2.45, 2.75) is 264 Å². The van der Waals surface area contributed by atoms with Crippen LogP contribution >= 0.6 is 0 Å². The van der Waals surface area contributed by atoms with Crippen LogP contribution in [0, 0.1) is 0 Å². The van der Waals surface area contributed by atoms with Gasteiger partial charge in [0.1, 0.15) is 0 Å². The van der Waals surface area contributed by atoms with Crippen molar-refractivity contribution in [3.63, 3.8) is 0 Å². The molecule has 0 aromatic heterocycles. The molecule has 2 unspecified atom stereocenters. The average molecular weight is 796 g/mol. The van der Waals surface area contributed by atoms with Gasteiger partial charge in [0.2, 0.25) is 5.91 Å². The SMILES string of the molecule is CCCCCC/C=C/CC/C=C/CC/C=C/C(O)C(CO)NC(=O)CCCCCCCCCCCCCCCCCCCCC/C=C\C/C=C\CCCCCCC. The fourth-order valence-corrected chi connectivity index (χ4v) is 7.36. The largest absolute Gasteiger partial charge is 0.394 e. The van der Waals surface area contributed by atoms with Crippen molar-refractivity contribution in [1.82, 2.24) is 5.32 Å². The Hall–Kier alpha value is -1.91. The topological polar surface area (TPSA) is 69.6 Å². The van der Waals surface area contributed by atoms with Crippen LogP contribution in [-0.4, -0.2) is 34.9 Å². The monoisotopic (exact) mass is 796 g/mol. The highest BCUT2D eigenvalue weighted by Crippen LogP contribution is 2.16. The molecule has 332 valence electrons. The first-order valence-corrected chi connectivity index (χ1v) is 25.0. The van der Waals surface area contributed by atoms with Crippen molar-refractivity contribution in [2.75, 3.05) is 6.61 Å². The fraction of sp³-hybridized carbons (Fsp3) is 0.792. The molecule has 4 nitrogen and oxygen atoms in total. The summed E-state index contributed by atoms with van der Waals surface area (Å²) >= 11 is 0. The molecule has 0 saturated heterocycles. The van der Waals surface area contributed by atoms with E-state index in [0.717, 1.165) is 44.9 Å². The summed E-state index contributed by atoms with van der Waals surface area (Å²) in [5.41, 5.74) is 0. The second-order valence-corrected chi connectivity index (χ2v) is 16.9. The first-order valence-electron chi connectivity index (χ1n) is 25.0. The highest BCUT2D eigenvalue weighted by Gasteiger charge is 2.17. The van der Waals surface area contributed by atoms with Gasteiger partial charge in [0.15, 0.2) is 0 Å². The Morgan fingerprint density at radius 2 is 0.737 bits per heavy atom. The first kappa shape index (κ1) is 55.1. The van der Waals surface area contributed by atoms with E-state index in [4.69, 9.17) is 0 Å². The van der Waals surface area contributed by atoms with E-state index >= 15 is 0 Å². The number of hydrogen-bond donors (Lipinski definition) is 3. The zero-order chi connectivity index (χ0) is 41.4. The number of aliphatic hydroxyl groups excluding tert-OH is 2. The predicted molar refractivity (Wildman–Crippen MR) is 253 cm³/mol. The highest BCUT2D eigenvalue weighted by atomic mass is 16.3. The molecule has 57 heavy (non-hydrogen) atoms. The molecule has 0 fully saturated rings. The van der Waals surface area contributed by atoms with Gasteiger partial charge in [-0.1, -0.05) is 229 Å². The first-order chi connectivity index (χ1) is 28.2. The number of nitrogens with one attached hydrogen (secondary N) is 1. The van der Waals surface area contributed by atoms with E-state index in [1.807, 2.05) is 6.08 Å². The van der Waals surface area contributed by atoms with E-state index in [2.05, 4.69) is 67.8 Å². The van der Waals surface area contributed by atoms with E-state index in [1.54, 1.807) is 6.08 Å². The van der Waals surface area contributed by atoms with Gasteiger partial charge in [0.25, 0.3) is 0 Å². The number of allylic oxidation sites excluding steroid dienone is 9. The third-order valence-corrected chi connectivity index (χ3v) is 11.2. The Kier molecular flexibility index (Phi) is 46.8. The lowest BCUT2D eigenvalue weighted by atomic mass is 10.0. The number of rotatable bonds is 45. The standard InChI is InChI=1S/C53H97NO3/c1-3-5-7-9-11-13-15-17-19-20-21-22-23-24-25-26-27-28-29-30-31-32-33-34-35-37-39-41-43-45-47-49-53(57)54-51(50-55)52(56)48-46-44-42-40-38-36-18-16-14-12-10-8-6-4-2/h14-17,20-21,38,40,46,48,51-52,55-56H,3-13,18-19,22-37,39,41-45,47,49-50H2,1-2H3,(H,54,57)/b16-14+,17-15-,21-20-,40-38+,48-46+. The molecule has 0 aliphatic heterocycles. The second-order valence-electron chi connectivity index (χ2n) is 16.9. The van der Waals surface area contributed by atoms with Gasteiger partial charge in [0.05, 0.1) is 18.8 Å². The van der Waals surface area contributed by atoms with Gasteiger partial charge in [-0.05, 0) is 77.0 Å². The summed E-state index contributed by atoms with van der Waals surface area (Å²) < 4.78 is 0. The summed E-state index contributed by atoms with van der Waals surface area (Å²) in [4.78, 5) is 12.4. The summed E-state index contributed by atoms with van der Waals surface area (Å²) in [6.45, 7) is 4.26. The molecule has 0 bridgehead atoms. The maximum atomic E-state index is 12.4. The van der Waals surface area contributed by atoms with Gasteiger partial charge >= 0.3 is 0 Å². The zero-order valence-corrected chi connectivity index (χ0v) is 38.1. The van der Waals surface area contributed by atoms with Crippen LogP contribution in [0.15, 0.2) is 60.8 Å². The van der Waals surface area contributed by atoms with Gasteiger partial charge in [-0.3, -0.25) is 4.79 Å². The molecule has 0 saturated carbocycles. The van der Waals surface area contributed by atoms with Crippen LogP contribution in [0.5, 0.6) is 0 Å².